The quantitative estimate of drug-likeness (QED) is 0.621. The van der Waals surface area contributed by atoms with Crippen molar-refractivity contribution < 1.29 is 14.7 Å². The highest BCUT2D eigenvalue weighted by Gasteiger charge is 2.65. The van der Waals surface area contributed by atoms with Crippen molar-refractivity contribution in [1.82, 2.24) is 5.32 Å². The van der Waals surface area contributed by atoms with Gasteiger partial charge in [0, 0.05) is 0 Å². The highest BCUT2D eigenvalue weighted by atomic mass is 16.4. The van der Waals surface area contributed by atoms with Crippen LogP contribution in [0.2, 0.25) is 0 Å². The predicted molar refractivity (Wildman–Crippen MR) is 47.0 cm³/mol. The Morgan fingerprint density at radius 2 is 2.07 bits per heavy atom. The van der Waals surface area contributed by atoms with Crippen molar-refractivity contribution in [3.63, 3.8) is 0 Å². The topological polar surface area (TPSA) is 90.2 Å². The molecule has 0 spiro atoms. The van der Waals surface area contributed by atoms with Crippen molar-refractivity contribution in [2.75, 3.05) is 6.54 Å². The standard InChI is InChI=1S/C9H12N2O3/c1-9(2)5(6(9)8(13)14)7(12)11-4-3-10/h5-6H,4H2,1-2H3,(H,11,12)(H,13,14). The second-order valence-electron chi connectivity index (χ2n) is 3.99. The molecule has 0 saturated heterocycles. The number of carboxylic acids is 1. The monoisotopic (exact) mass is 196 g/mol. The molecule has 0 aromatic carbocycles. The second-order valence-corrected chi connectivity index (χ2v) is 3.99. The van der Waals surface area contributed by atoms with Crippen LogP contribution >= 0.6 is 0 Å². The molecule has 0 heterocycles. The van der Waals surface area contributed by atoms with Gasteiger partial charge in [0.05, 0.1) is 17.9 Å². The molecule has 2 atom stereocenters. The van der Waals surface area contributed by atoms with Crippen molar-refractivity contribution in [1.29, 1.82) is 5.26 Å². The zero-order chi connectivity index (χ0) is 10.9. The Labute approximate surface area is 81.7 Å². The molecule has 0 radical (unpaired) electrons. The minimum absolute atomic E-state index is 0.0717. The van der Waals surface area contributed by atoms with E-state index in [-0.39, 0.29) is 12.5 Å². The van der Waals surface area contributed by atoms with Gasteiger partial charge in [0.15, 0.2) is 0 Å². The molecule has 0 bridgehead atoms. The van der Waals surface area contributed by atoms with Crippen molar-refractivity contribution in [3.05, 3.63) is 0 Å². The van der Waals surface area contributed by atoms with E-state index < -0.39 is 23.2 Å². The molecule has 1 saturated carbocycles. The van der Waals surface area contributed by atoms with E-state index in [9.17, 15) is 9.59 Å². The Hall–Kier alpha value is -1.57. The fourth-order valence-electron chi connectivity index (χ4n) is 1.82. The molecule has 2 unspecified atom stereocenters. The van der Waals surface area contributed by atoms with E-state index in [0.717, 1.165) is 0 Å². The minimum Gasteiger partial charge on any atom is -0.481 e. The van der Waals surface area contributed by atoms with Gasteiger partial charge in [-0.25, -0.2) is 0 Å². The van der Waals surface area contributed by atoms with E-state index in [1.807, 2.05) is 0 Å². The summed E-state index contributed by atoms with van der Waals surface area (Å²) in [5.74, 6) is -2.43. The van der Waals surface area contributed by atoms with Crippen LogP contribution in [-0.4, -0.2) is 23.5 Å². The molecule has 0 aromatic heterocycles. The maximum atomic E-state index is 11.4. The van der Waals surface area contributed by atoms with Crippen LogP contribution in [0, 0.1) is 28.6 Å². The average Bonchev–Trinajstić information content (AvgIpc) is 2.65. The van der Waals surface area contributed by atoms with Crippen LogP contribution in [0.3, 0.4) is 0 Å². The molecule has 76 valence electrons. The molecular weight excluding hydrogens is 184 g/mol. The zero-order valence-corrected chi connectivity index (χ0v) is 8.07. The zero-order valence-electron chi connectivity index (χ0n) is 8.07. The normalized spacial score (nSPS) is 27.5. The number of nitrogens with zero attached hydrogens (tertiary/aromatic N) is 1. The van der Waals surface area contributed by atoms with Gasteiger partial charge in [0.25, 0.3) is 0 Å². The molecule has 2 N–H and O–H groups in total. The molecule has 1 aliphatic rings. The van der Waals surface area contributed by atoms with Crippen molar-refractivity contribution in [2.24, 2.45) is 17.3 Å². The highest BCUT2D eigenvalue weighted by molar-refractivity contribution is 5.91. The lowest BCUT2D eigenvalue weighted by Crippen LogP contribution is -2.27. The SMILES string of the molecule is CC1(C)C(C(=O)O)C1C(=O)NCC#N. The fourth-order valence-corrected chi connectivity index (χ4v) is 1.82. The van der Waals surface area contributed by atoms with Crippen LogP contribution in [0.4, 0.5) is 0 Å². The Morgan fingerprint density at radius 3 is 2.43 bits per heavy atom. The predicted octanol–water partition coefficient (Wildman–Crippen LogP) is -0.0170. The number of carbonyl (C=O) groups is 2. The number of amides is 1. The van der Waals surface area contributed by atoms with Gasteiger partial charge in [0.1, 0.15) is 6.54 Å². The number of nitrogens with one attached hydrogen (secondary N) is 1. The van der Waals surface area contributed by atoms with Gasteiger partial charge in [-0.2, -0.15) is 5.26 Å². The smallest absolute Gasteiger partial charge is 0.307 e. The Kier molecular flexibility index (Phi) is 2.47. The molecule has 5 nitrogen and oxygen atoms in total. The van der Waals surface area contributed by atoms with Gasteiger partial charge >= 0.3 is 5.97 Å². The number of rotatable bonds is 3. The summed E-state index contributed by atoms with van der Waals surface area (Å²) >= 11 is 0. The van der Waals surface area contributed by atoms with Crippen molar-refractivity contribution in [3.8, 4) is 6.07 Å². The average molecular weight is 196 g/mol. The third kappa shape index (κ3) is 1.55. The fraction of sp³-hybridized carbons (Fsp3) is 0.667. The lowest BCUT2D eigenvalue weighted by molar-refractivity contribution is -0.140. The molecule has 1 rings (SSSR count). The van der Waals surface area contributed by atoms with Crippen LogP contribution in [-0.2, 0) is 9.59 Å². The molecule has 1 amide bonds. The van der Waals surface area contributed by atoms with Gasteiger partial charge in [-0.05, 0) is 5.41 Å². The molecule has 1 aliphatic carbocycles. The van der Waals surface area contributed by atoms with Gasteiger partial charge in [-0.3, -0.25) is 9.59 Å². The summed E-state index contributed by atoms with van der Waals surface area (Å²) in [5.41, 5.74) is -0.495. The van der Waals surface area contributed by atoms with Crippen LogP contribution < -0.4 is 5.32 Å². The number of aliphatic carboxylic acids is 1. The first-order valence-electron chi connectivity index (χ1n) is 4.30. The van der Waals surface area contributed by atoms with Crippen LogP contribution in [0.5, 0.6) is 0 Å². The highest BCUT2D eigenvalue weighted by Crippen LogP contribution is 2.58. The molecule has 0 aromatic rings. The minimum atomic E-state index is -0.952. The van der Waals surface area contributed by atoms with Gasteiger partial charge < -0.3 is 10.4 Å². The molecule has 1 fully saturated rings. The Bertz CT molecular complexity index is 317. The maximum absolute atomic E-state index is 11.4. The molecule has 0 aliphatic heterocycles. The van der Waals surface area contributed by atoms with E-state index in [1.54, 1.807) is 19.9 Å². The van der Waals surface area contributed by atoms with E-state index in [2.05, 4.69) is 5.32 Å². The summed E-state index contributed by atoms with van der Waals surface area (Å²) in [5, 5.41) is 19.4. The molecule has 14 heavy (non-hydrogen) atoms. The van der Waals surface area contributed by atoms with Crippen LogP contribution in [0.15, 0.2) is 0 Å². The first kappa shape index (κ1) is 10.5. The third-order valence-electron chi connectivity index (χ3n) is 2.72. The number of hydrogen-bond acceptors (Lipinski definition) is 3. The number of hydrogen-bond donors (Lipinski definition) is 2. The summed E-state index contributed by atoms with van der Waals surface area (Å²) < 4.78 is 0. The van der Waals surface area contributed by atoms with E-state index >= 15 is 0 Å². The Balaban J connectivity index is 2.60. The van der Waals surface area contributed by atoms with Gasteiger partial charge in [-0.15, -0.1) is 0 Å². The number of nitriles is 1. The van der Waals surface area contributed by atoms with E-state index in [4.69, 9.17) is 10.4 Å². The van der Waals surface area contributed by atoms with Crippen LogP contribution in [0.1, 0.15) is 13.8 Å². The summed E-state index contributed by atoms with van der Waals surface area (Å²) in [6, 6.07) is 1.77. The summed E-state index contributed by atoms with van der Waals surface area (Å²) in [6.45, 7) is 3.41. The van der Waals surface area contributed by atoms with E-state index in [1.165, 1.54) is 0 Å². The Morgan fingerprint density at radius 1 is 1.50 bits per heavy atom. The first-order valence-corrected chi connectivity index (χ1v) is 4.30. The molecular formula is C9H12N2O3. The summed E-state index contributed by atoms with van der Waals surface area (Å²) in [6.07, 6.45) is 0. The third-order valence-corrected chi connectivity index (χ3v) is 2.72. The lowest BCUT2D eigenvalue weighted by Gasteiger charge is -2.00. The van der Waals surface area contributed by atoms with Gasteiger partial charge in [-0.1, -0.05) is 13.8 Å². The molecule has 5 heteroatoms. The number of carboxylic acid groups (broad SMARTS) is 1. The van der Waals surface area contributed by atoms with Crippen molar-refractivity contribution >= 4 is 11.9 Å². The van der Waals surface area contributed by atoms with Crippen molar-refractivity contribution in [2.45, 2.75) is 13.8 Å². The second kappa shape index (κ2) is 3.29. The maximum Gasteiger partial charge on any atom is 0.307 e. The van der Waals surface area contributed by atoms with E-state index in [0.29, 0.717) is 0 Å². The first-order chi connectivity index (χ1) is 6.42. The van der Waals surface area contributed by atoms with Crippen LogP contribution in [0.25, 0.3) is 0 Å². The number of carbonyl (C=O) groups excluding carboxylic acids is 1. The lowest BCUT2D eigenvalue weighted by atomic mass is 10.1. The van der Waals surface area contributed by atoms with Gasteiger partial charge in [0.2, 0.25) is 5.91 Å². The summed E-state index contributed by atoms with van der Waals surface area (Å²) in [7, 11) is 0. The summed E-state index contributed by atoms with van der Waals surface area (Å²) in [4.78, 5) is 22.1. The largest absolute Gasteiger partial charge is 0.481 e.